The molecule has 0 spiro atoms. The van der Waals surface area contributed by atoms with Gasteiger partial charge in [0.15, 0.2) is 0 Å². The van der Waals surface area contributed by atoms with Gasteiger partial charge in [-0.05, 0) is 19.3 Å². The smallest absolute Gasteiger partial charge is 0.0951 e. The lowest BCUT2D eigenvalue weighted by Crippen LogP contribution is -2.41. The molecule has 1 aromatic heterocycles. The van der Waals surface area contributed by atoms with E-state index in [-0.39, 0.29) is 0 Å². The molecule has 80 valence electrons. The lowest BCUT2D eigenvalue weighted by molar-refractivity contribution is 0.386. The average Bonchev–Trinajstić information content (AvgIpc) is 2.65. The second kappa shape index (κ2) is 3.81. The van der Waals surface area contributed by atoms with Gasteiger partial charge in [0, 0.05) is 36.9 Å². The normalized spacial score (nSPS) is 26.5. The third-order valence-electron chi connectivity index (χ3n) is 3.53. The van der Waals surface area contributed by atoms with Gasteiger partial charge >= 0.3 is 0 Å². The van der Waals surface area contributed by atoms with Crippen molar-refractivity contribution in [2.45, 2.75) is 31.2 Å². The Labute approximate surface area is 90.2 Å². The fourth-order valence-electron chi connectivity index (χ4n) is 2.46. The minimum absolute atomic E-state index is 0.646. The molecule has 3 nitrogen and oxygen atoms in total. The number of aromatic nitrogens is 2. The standard InChI is InChI=1S/C12H17N3/c1-2-4-11(5-3-1)15-9-14-8-12(15)10-6-13-7-10/h1-2,8-11,13H,3-7H2. The van der Waals surface area contributed by atoms with Crippen molar-refractivity contribution >= 4 is 0 Å². The van der Waals surface area contributed by atoms with Crippen molar-refractivity contribution in [3.63, 3.8) is 0 Å². The Morgan fingerprint density at radius 2 is 2.27 bits per heavy atom. The minimum Gasteiger partial charge on any atom is -0.331 e. The molecule has 3 heteroatoms. The van der Waals surface area contributed by atoms with Crippen molar-refractivity contribution in [1.29, 1.82) is 0 Å². The van der Waals surface area contributed by atoms with Gasteiger partial charge in [-0.3, -0.25) is 0 Å². The van der Waals surface area contributed by atoms with Crippen LogP contribution in [0, 0.1) is 0 Å². The molecule has 0 amide bonds. The number of allylic oxidation sites excluding steroid dienone is 2. The number of hydrogen-bond donors (Lipinski definition) is 1. The Morgan fingerprint density at radius 3 is 2.93 bits per heavy atom. The van der Waals surface area contributed by atoms with Gasteiger partial charge in [0.25, 0.3) is 0 Å². The van der Waals surface area contributed by atoms with E-state index in [0.29, 0.717) is 12.0 Å². The third kappa shape index (κ3) is 1.61. The highest BCUT2D eigenvalue weighted by molar-refractivity contribution is 5.13. The zero-order chi connectivity index (χ0) is 10.1. The average molecular weight is 203 g/mol. The molecule has 1 atom stereocenters. The summed E-state index contributed by atoms with van der Waals surface area (Å²) in [5.41, 5.74) is 1.43. The molecule has 3 rings (SSSR count). The summed E-state index contributed by atoms with van der Waals surface area (Å²) in [5, 5.41) is 3.32. The fraction of sp³-hybridized carbons (Fsp3) is 0.583. The molecule has 1 N–H and O–H groups in total. The zero-order valence-electron chi connectivity index (χ0n) is 8.89. The van der Waals surface area contributed by atoms with Gasteiger partial charge in [0.1, 0.15) is 0 Å². The van der Waals surface area contributed by atoms with Crippen LogP contribution in [0.4, 0.5) is 0 Å². The van der Waals surface area contributed by atoms with Crippen LogP contribution in [0.5, 0.6) is 0 Å². The Kier molecular flexibility index (Phi) is 2.33. The summed E-state index contributed by atoms with van der Waals surface area (Å²) in [5.74, 6) is 0.693. The highest BCUT2D eigenvalue weighted by Gasteiger charge is 2.24. The van der Waals surface area contributed by atoms with E-state index in [0.717, 1.165) is 13.1 Å². The molecule has 15 heavy (non-hydrogen) atoms. The van der Waals surface area contributed by atoms with Gasteiger partial charge in [-0.25, -0.2) is 4.98 Å². The van der Waals surface area contributed by atoms with Crippen LogP contribution >= 0.6 is 0 Å². The monoisotopic (exact) mass is 203 g/mol. The molecular formula is C12H17N3. The lowest BCUT2D eigenvalue weighted by atomic mass is 9.97. The molecule has 2 aliphatic rings. The summed E-state index contributed by atoms with van der Waals surface area (Å²) >= 11 is 0. The second-order valence-corrected chi connectivity index (χ2v) is 4.52. The van der Waals surface area contributed by atoms with Crippen LogP contribution < -0.4 is 5.32 Å². The van der Waals surface area contributed by atoms with Gasteiger partial charge in [0.05, 0.1) is 6.33 Å². The van der Waals surface area contributed by atoms with Crippen molar-refractivity contribution in [3.05, 3.63) is 30.4 Å². The Hall–Kier alpha value is -1.09. The first-order chi connectivity index (χ1) is 7.45. The van der Waals surface area contributed by atoms with Crippen molar-refractivity contribution in [3.8, 4) is 0 Å². The Morgan fingerprint density at radius 1 is 1.33 bits per heavy atom. The first kappa shape index (κ1) is 9.16. The second-order valence-electron chi connectivity index (χ2n) is 4.52. The summed E-state index contributed by atoms with van der Waals surface area (Å²) in [4.78, 5) is 4.31. The molecule has 0 aromatic carbocycles. The van der Waals surface area contributed by atoms with E-state index < -0.39 is 0 Å². The molecule has 1 aliphatic carbocycles. The summed E-state index contributed by atoms with van der Waals surface area (Å²) in [6.45, 7) is 2.24. The van der Waals surface area contributed by atoms with Gasteiger partial charge in [-0.1, -0.05) is 12.2 Å². The van der Waals surface area contributed by atoms with E-state index in [1.165, 1.54) is 25.0 Å². The summed E-state index contributed by atoms with van der Waals surface area (Å²) in [6.07, 6.45) is 12.3. The van der Waals surface area contributed by atoms with E-state index in [4.69, 9.17) is 0 Å². The zero-order valence-corrected chi connectivity index (χ0v) is 8.89. The molecule has 1 fully saturated rings. The number of rotatable bonds is 2. The van der Waals surface area contributed by atoms with Gasteiger partial charge < -0.3 is 9.88 Å². The molecule has 0 radical (unpaired) electrons. The molecule has 1 aromatic rings. The molecule has 1 saturated heterocycles. The molecule has 2 heterocycles. The molecule has 1 unspecified atom stereocenters. The van der Waals surface area contributed by atoms with Crippen molar-refractivity contribution < 1.29 is 0 Å². The SMILES string of the molecule is C1=CCC(n2cncc2C2CNC2)CC1. The van der Waals surface area contributed by atoms with Crippen LogP contribution in [0.15, 0.2) is 24.7 Å². The molecule has 0 saturated carbocycles. The summed E-state index contributed by atoms with van der Waals surface area (Å²) in [7, 11) is 0. The first-order valence-electron chi connectivity index (χ1n) is 5.82. The summed E-state index contributed by atoms with van der Waals surface area (Å²) < 4.78 is 2.40. The van der Waals surface area contributed by atoms with Gasteiger partial charge in [-0.15, -0.1) is 0 Å². The third-order valence-corrected chi connectivity index (χ3v) is 3.53. The van der Waals surface area contributed by atoms with E-state index in [1.54, 1.807) is 0 Å². The van der Waals surface area contributed by atoms with E-state index in [2.05, 4.69) is 27.0 Å². The minimum atomic E-state index is 0.646. The van der Waals surface area contributed by atoms with Crippen LogP contribution in [0.2, 0.25) is 0 Å². The number of hydrogen-bond acceptors (Lipinski definition) is 2. The first-order valence-corrected chi connectivity index (χ1v) is 5.82. The van der Waals surface area contributed by atoms with Crippen LogP contribution in [0.25, 0.3) is 0 Å². The molecule has 0 bridgehead atoms. The molecular weight excluding hydrogens is 186 g/mol. The van der Waals surface area contributed by atoms with Crippen LogP contribution in [-0.2, 0) is 0 Å². The maximum absolute atomic E-state index is 4.31. The Balaban J connectivity index is 1.83. The van der Waals surface area contributed by atoms with Crippen molar-refractivity contribution in [2.24, 2.45) is 0 Å². The fourth-order valence-corrected chi connectivity index (χ4v) is 2.46. The summed E-state index contributed by atoms with van der Waals surface area (Å²) in [6, 6.07) is 0.646. The highest BCUT2D eigenvalue weighted by Crippen LogP contribution is 2.28. The van der Waals surface area contributed by atoms with Crippen LogP contribution in [0.3, 0.4) is 0 Å². The lowest BCUT2D eigenvalue weighted by Gasteiger charge is -2.30. The maximum atomic E-state index is 4.31. The number of nitrogens with zero attached hydrogens (tertiary/aromatic N) is 2. The van der Waals surface area contributed by atoms with Crippen molar-refractivity contribution in [2.75, 3.05) is 13.1 Å². The van der Waals surface area contributed by atoms with Crippen molar-refractivity contribution in [1.82, 2.24) is 14.9 Å². The number of imidazole rings is 1. The van der Waals surface area contributed by atoms with E-state index in [9.17, 15) is 0 Å². The van der Waals surface area contributed by atoms with Gasteiger partial charge in [-0.2, -0.15) is 0 Å². The maximum Gasteiger partial charge on any atom is 0.0951 e. The van der Waals surface area contributed by atoms with E-state index >= 15 is 0 Å². The largest absolute Gasteiger partial charge is 0.331 e. The quantitative estimate of drug-likeness (QED) is 0.743. The Bertz CT molecular complexity index is 363. The molecule has 1 aliphatic heterocycles. The topological polar surface area (TPSA) is 29.9 Å². The van der Waals surface area contributed by atoms with Gasteiger partial charge in [0.2, 0.25) is 0 Å². The van der Waals surface area contributed by atoms with Crippen LogP contribution in [0.1, 0.15) is 36.9 Å². The van der Waals surface area contributed by atoms with Crippen LogP contribution in [-0.4, -0.2) is 22.6 Å². The van der Waals surface area contributed by atoms with E-state index in [1.807, 2.05) is 12.5 Å². The highest BCUT2D eigenvalue weighted by atomic mass is 15.1. The number of nitrogens with one attached hydrogen (secondary N) is 1. The predicted octanol–water partition coefficient (Wildman–Crippen LogP) is 1.85. The predicted molar refractivity (Wildman–Crippen MR) is 59.9 cm³/mol.